The molecule has 0 bridgehead atoms. The van der Waals surface area contributed by atoms with Crippen LogP contribution in [0.4, 0.5) is 4.39 Å². The normalized spacial score (nSPS) is 14.8. The molecule has 0 aliphatic carbocycles. The lowest BCUT2D eigenvalue weighted by molar-refractivity contribution is -0.133. The number of aliphatic hydroxyl groups is 1. The molecule has 0 atom stereocenters. The van der Waals surface area contributed by atoms with Gasteiger partial charge in [-0.05, 0) is 52.7 Å². The van der Waals surface area contributed by atoms with Gasteiger partial charge in [-0.3, -0.25) is 4.79 Å². The number of aromatic nitrogens is 4. The van der Waals surface area contributed by atoms with Crippen molar-refractivity contribution in [3.8, 4) is 23.6 Å². The van der Waals surface area contributed by atoms with Crippen LogP contribution in [0, 0.1) is 35.9 Å². The van der Waals surface area contributed by atoms with Crippen LogP contribution >= 0.6 is 0 Å². The van der Waals surface area contributed by atoms with Gasteiger partial charge in [0, 0.05) is 31.5 Å². The van der Waals surface area contributed by atoms with E-state index < -0.39 is 11.4 Å². The summed E-state index contributed by atoms with van der Waals surface area (Å²) in [5.41, 5.74) is 1.35. The highest BCUT2D eigenvalue weighted by molar-refractivity contribution is 5.79. The van der Waals surface area contributed by atoms with Gasteiger partial charge >= 0.3 is 0 Å². The van der Waals surface area contributed by atoms with E-state index in [1.807, 2.05) is 30.3 Å². The summed E-state index contributed by atoms with van der Waals surface area (Å²) in [6.45, 7) is 2.41. The second-order valence-corrected chi connectivity index (χ2v) is 7.97. The number of nitrogens with zero attached hydrogens (tertiary/aromatic N) is 6. The van der Waals surface area contributed by atoms with Crippen molar-refractivity contribution in [2.24, 2.45) is 0 Å². The van der Waals surface area contributed by atoms with Crippen molar-refractivity contribution < 1.29 is 14.3 Å². The Balaban J connectivity index is 1.36. The van der Waals surface area contributed by atoms with Gasteiger partial charge in [0.05, 0.1) is 17.7 Å². The second-order valence-electron chi connectivity index (χ2n) is 7.97. The molecule has 9 heteroatoms. The average Bonchev–Trinajstić information content (AvgIpc) is 3.35. The van der Waals surface area contributed by atoms with Crippen molar-refractivity contribution in [2.45, 2.75) is 31.8 Å². The third kappa shape index (κ3) is 4.89. The lowest BCUT2D eigenvalue weighted by Gasteiger charge is -2.35. The summed E-state index contributed by atoms with van der Waals surface area (Å²) in [6, 6.07) is 12.0. The van der Waals surface area contributed by atoms with Crippen molar-refractivity contribution in [2.75, 3.05) is 13.1 Å². The Morgan fingerprint density at radius 3 is 2.58 bits per heavy atom. The summed E-state index contributed by atoms with van der Waals surface area (Å²) in [7, 11) is 0. The SMILES string of the molecule is Cc1c(C#CC2(O)CCN(C(=O)Cc3ccc(-n4cnnn4)cc3)CC2)ccc(F)c1C#N. The fourth-order valence-corrected chi connectivity index (χ4v) is 3.72. The number of benzene rings is 2. The molecule has 1 saturated heterocycles. The van der Waals surface area contributed by atoms with Crippen molar-refractivity contribution in [1.29, 1.82) is 5.26 Å². The Morgan fingerprint density at radius 2 is 1.94 bits per heavy atom. The minimum Gasteiger partial charge on any atom is -0.377 e. The maximum Gasteiger partial charge on any atom is 0.226 e. The van der Waals surface area contributed by atoms with Gasteiger partial charge in [0.25, 0.3) is 0 Å². The highest BCUT2D eigenvalue weighted by Gasteiger charge is 2.32. The number of likely N-dealkylation sites (tertiary alicyclic amines) is 1. The van der Waals surface area contributed by atoms with Crippen molar-refractivity contribution in [1.82, 2.24) is 25.1 Å². The number of piperidine rings is 1. The first kappa shape index (κ1) is 22.1. The zero-order chi connectivity index (χ0) is 23.4. The van der Waals surface area contributed by atoms with Gasteiger partial charge in [-0.15, -0.1) is 5.10 Å². The predicted octanol–water partition coefficient (Wildman–Crippen LogP) is 1.93. The van der Waals surface area contributed by atoms with Crippen LogP contribution in [-0.4, -0.2) is 54.8 Å². The van der Waals surface area contributed by atoms with Crippen molar-refractivity contribution in [3.05, 3.63) is 70.8 Å². The summed E-state index contributed by atoms with van der Waals surface area (Å²) in [6.07, 6.45) is 2.38. The van der Waals surface area contributed by atoms with E-state index in [-0.39, 0.29) is 17.9 Å². The molecule has 1 fully saturated rings. The van der Waals surface area contributed by atoms with E-state index in [1.165, 1.54) is 23.1 Å². The van der Waals surface area contributed by atoms with E-state index in [0.717, 1.165) is 11.3 Å². The molecule has 0 spiro atoms. The molecule has 2 heterocycles. The molecule has 166 valence electrons. The Kier molecular flexibility index (Phi) is 6.16. The van der Waals surface area contributed by atoms with E-state index in [0.29, 0.717) is 37.1 Å². The molecule has 3 aromatic rings. The zero-order valence-electron chi connectivity index (χ0n) is 18.0. The Labute approximate surface area is 190 Å². The Hall–Kier alpha value is -4.08. The largest absolute Gasteiger partial charge is 0.377 e. The lowest BCUT2D eigenvalue weighted by atomic mass is 9.91. The van der Waals surface area contributed by atoms with E-state index in [4.69, 9.17) is 5.26 Å². The first-order chi connectivity index (χ1) is 15.9. The highest BCUT2D eigenvalue weighted by Crippen LogP contribution is 2.23. The predicted molar refractivity (Wildman–Crippen MR) is 116 cm³/mol. The van der Waals surface area contributed by atoms with Gasteiger partial charge in [-0.2, -0.15) is 5.26 Å². The van der Waals surface area contributed by atoms with Crippen LogP contribution < -0.4 is 0 Å². The molecule has 33 heavy (non-hydrogen) atoms. The topological polar surface area (TPSA) is 108 Å². The Bertz CT molecular complexity index is 1260. The van der Waals surface area contributed by atoms with Crippen LogP contribution in [-0.2, 0) is 11.2 Å². The molecular formula is C24H21FN6O2. The number of rotatable bonds is 3. The van der Waals surface area contributed by atoms with E-state index >= 15 is 0 Å². The van der Waals surface area contributed by atoms with Crippen molar-refractivity contribution >= 4 is 5.91 Å². The molecule has 0 unspecified atom stereocenters. The number of hydrogen-bond acceptors (Lipinski definition) is 6. The van der Waals surface area contributed by atoms with Gasteiger partial charge in [0.1, 0.15) is 23.8 Å². The standard InChI is InChI=1S/C24H21FN6O2/c1-17-19(4-7-22(25)21(17)15-26)8-9-24(33)10-12-30(13-11-24)23(32)14-18-2-5-20(6-3-18)31-16-27-28-29-31/h2-7,16,33H,10-14H2,1H3. The quantitative estimate of drug-likeness (QED) is 0.619. The molecule has 1 N–H and O–H groups in total. The number of tetrazole rings is 1. The molecule has 0 saturated carbocycles. The molecule has 1 aliphatic rings. The number of carbonyl (C=O) groups is 1. The molecule has 1 aromatic heterocycles. The van der Waals surface area contributed by atoms with Crippen LogP contribution in [0.3, 0.4) is 0 Å². The van der Waals surface area contributed by atoms with E-state index in [1.54, 1.807) is 11.8 Å². The van der Waals surface area contributed by atoms with Gasteiger partial charge < -0.3 is 10.0 Å². The zero-order valence-corrected chi connectivity index (χ0v) is 18.0. The first-order valence-electron chi connectivity index (χ1n) is 10.4. The molecule has 1 aliphatic heterocycles. The summed E-state index contributed by atoms with van der Waals surface area (Å²) >= 11 is 0. The summed E-state index contributed by atoms with van der Waals surface area (Å²) in [4.78, 5) is 14.4. The van der Waals surface area contributed by atoms with Gasteiger partial charge in [-0.1, -0.05) is 24.0 Å². The van der Waals surface area contributed by atoms with Gasteiger partial charge in [0.2, 0.25) is 5.91 Å². The fraction of sp³-hybridized carbons (Fsp3) is 0.292. The van der Waals surface area contributed by atoms with Crippen LogP contribution in [0.5, 0.6) is 0 Å². The minimum absolute atomic E-state index is 0.0202. The summed E-state index contributed by atoms with van der Waals surface area (Å²) < 4.78 is 15.2. The maximum absolute atomic E-state index is 13.7. The summed E-state index contributed by atoms with van der Waals surface area (Å²) in [5, 5.41) is 31.0. The monoisotopic (exact) mass is 444 g/mol. The van der Waals surface area contributed by atoms with Gasteiger partial charge in [-0.25, -0.2) is 9.07 Å². The van der Waals surface area contributed by atoms with Crippen molar-refractivity contribution in [3.63, 3.8) is 0 Å². The second kappa shape index (κ2) is 9.19. The van der Waals surface area contributed by atoms with Crippen LogP contribution in [0.15, 0.2) is 42.7 Å². The molecule has 0 radical (unpaired) electrons. The number of nitriles is 1. The summed E-state index contributed by atoms with van der Waals surface area (Å²) in [5.74, 6) is 5.15. The number of amides is 1. The van der Waals surface area contributed by atoms with Crippen LogP contribution in [0.2, 0.25) is 0 Å². The number of hydrogen-bond donors (Lipinski definition) is 1. The van der Waals surface area contributed by atoms with Crippen LogP contribution in [0.25, 0.3) is 5.69 Å². The average molecular weight is 444 g/mol. The van der Waals surface area contributed by atoms with Crippen LogP contribution in [0.1, 0.15) is 35.1 Å². The molecule has 2 aromatic carbocycles. The third-order valence-electron chi connectivity index (χ3n) is 5.80. The molecular weight excluding hydrogens is 423 g/mol. The number of carbonyl (C=O) groups excluding carboxylic acids is 1. The first-order valence-corrected chi connectivity index (χ1v) is 10.4. The van der Waals surface area contributed by atoms with E-state index in [2.05, 4.69) is 27.4 Å². The van der Waals surface area contributed by atoms with E-state index in [9.17, 15) is 14.3 Å². The number of halogens is 1. The molecule has 8 nitrogen and oxygen atoms in total. The third-order valence-corrected chi connectivity index (χ3v) is 5.80. The molecule has 4 rings (SSSR count). The fourth-order valence-electron chi connectivity index (χ4n) is 3.72. The van der Waals surface area contributed by atoms with Gasteiger partial charge in [0.15, 0.2) is 0 Å². The lowest BCUT2D eigenvalue weighted by Crippen LogP contribution is -2.46. The molecule has 1 amide bonds. The minimum atomic E-state index is -1.24. The highest BCUT2D eigenvalue weighted by atomic mass is 19.1. The maximum atomic E-state index is 13.7. The Morgan fingerprint density at radius 1 is 1.21 bits per heavy atom. The smallest absolute Gasteiger partial charge is 0.226 e.